The minimum absolute atomic E-state index is 0.131. The van der Waals surface area contributed by atoms with Crippen LogP contribution in [0.25, 0.3) is 0 Å². The molecule has 0 unspecified atom stereocenters. The van der Waals surface area contributed by atoms with Gasteiger partial charge in [-0.2, -0.15) is 0 Å². The van der Waals surface area contributed by atoms with Crippen molar-refractivity contribution in [3.05, 3.63) is 29.3 Å². The molecule has 6 heteroatoms. The van der Waals surface area contributed by atoms with Crippen LogP contribution in [0.3, 0.4) is 0 Å². The van der Waals surface area contributed by atoms with Crippen LogP contribution < -0.4 is 10.5 Å². The van der Waals surface area contributed by atoms with Crippen LogP contribution in [-0.2, 0) is 16.0 Å². The molecule has 0 aliphatic heterocycles. The van der Waals surface area contributed by atoms with Crippen LogP contribution in [0, 0.1) is 0 Å². The monoisotopic (exact) mass is 253 g/mol. The summed E-state index contributed by atoms with van der Waals surface area (Å²) in [6.07, 6.45) is -1.04. The third kappa shape index (κ3) is 3.21. The third-order valence-corrected chi connectivity index (χ3v) is 2.18. The van der Waals surface area contributed by atoms with Gasteiger partial charge in [-0.1, -0.05) is 12.1 Å². The first-order valence-corrected chi connectivity index (χ1v) is 5.38. The molecule has 0 spiro atoms. The Morgan fingerprint density at radius 2 is 2.06 bits per heavy atom. The average Bonchev–Trinajstić information content (AvgIpc) is 2.37. The zero-order valence-corrected chi connectivity index (χ0v) is 10.3. The van der Waals surface area contributed by atoms with Gasteiger partial charge in [-0.3, -0.25) is 0 Å². The van der Waals surface area contributed by atoms with Crippen molar-refractivity contribution in [3.63, 3.8) is 0 Å². The molecule has 0 radical (unpaired) electrons. The molecule has 0 atom stereocenters. The van der Waals surface area contributed by atoms with E-state index in [9.17, 15) is 9.59 Å². The lowest BCUT2D eigenvalue weighted by Crippen LogP contribution is -2.15. The van der Waals surface area contributed by atoms with Crippen LogP contribution in [0.1, 0.15) is 22.8 Å². The van der Waals surface area contributed by atoms with Crippen LogP contribution in [0.5, 0.6) is 5.75 Å². The fraction of sp³-hybridized carbons (Fsp3) is 0.333. The second kappa shape index (κ2) is 6.61. The van der Waals surface area contributed by atoms with E-state index in [1.54, 1.807) is 19.1 Å². The SMILES string of the molecule is CCOC(=O)OC(=O)c1cccc(CN)c1OC. The van der Waals surface area contributed by atoms with E-state index < -0.39 is 12.1 Å². The van der Waals surface area contributed by atoms with Gasteiger partial charge in [-0.25, -0.2) is 9.59 Å². The minimum atomic E-state index is -1.04. The molecule has 2 N–H and O–H groups in total. The molecule has 18 heavy (non-hydrogen) atoms. The van der Waals surface area contributed by atoms with Crippen molar-refractivity contribution in [3.8, 4) is 5.75 Å². The van der Waals surface area contributed by atoms with E-state index in [2.05, 4.69) is 9.47 Å². The molecule has 0 aliphatic rings. The van der Waals surface area contributed by atoms with Gasteiger partial charge in [0.15, 0.2) is 0 Å². The summed E-state index contributed by atoms with van der Waals surface area (Å²) in [7, 11) is 1.41. The van der Waals surface area contributed by atoms with E-state index in [1.165, 1.54) is 13.2 Å². The van der Waals surface area contributed by atoms with E-state index in [-0.39, 0.29) is 18.7 Å². The summed E-state index contributed by atoms with van der Waals surface area (Å²) >= 11 is 0. The standard InChI is InChI=1S/C12H15NO5/c1-3-17-12(15)18-11(14)9-6-4-5-8(7-13)10(9)16-2/h4-6H,3,7,13H2,1-2H3. The first-order chi connectivity index (χ1) is 8.63. The number of carbonyl (C=O) groups is 2. The highest BCUT2D eigenvalue weighted by atomic mass is 16.7. The van der Waals surface area contributed by atoms with Gasteiger partial charge >= 0.3 is 12.1 Å². The molecule has 98 valence electrons. The molecule has 0 amide bonds. The molecule has 0 bridgehead atoms. The fourth-order valence-corrected chi connectivity index (χ4v) is 1.43. The van der Waals surface area contributed by atoms with E-state index in [1.807, 2.05) is 0 Å². The van der Waals surface area contributed by atoms with Crippen molar-refractivity contribution in [2.45, 2.75) is 13.5 Å². The van der Waals surface area contributed by atoms with Crippen molar-refractivity contribution in [2.75, 3.05) is 13.7 Å². The Morgan fingerprint density at radius 1 is 1.33 bits per heavy atom. The number of nitrogens with two attached hydrogens (primary N) is 1. The summed E-state index contributed by atoms with van der Waals surface area (Å²) in [5.41, 5.74) is 6.30. The Labute approximate surface area is 105 Å². The number of carbonyl (C=O) groups excluding carboxylic acids is 2. The van der Waals surface area contributed by atoms with Crippen LogP contribution in [0.4, 0.5) is 4.79 Å². The van der Waals surface area contributed by atoms with Crippen LogP contribution >= 0.6 is 0 Å². The molecular weight excluding hydrogens is 238 g/mol. The molecule has 1 aromatic rings. The van der Waals surface area contributed by atoms with Gasteiger partial charge in [0.2, 0.25) is 0 Å². The molecular formula is C12H15NO5. The maximum atomic E-state index is 11.7. The zero-order chi connectivity index (χ0) is 13.5. The molecule has 1 aromatic carbocycles. The fourth-order valence-electron chi connectivity index (χ4n) is 1.43. The lowest BCUT2D eigenvalue weighted by molar-refractivity contribution is 0.0399. The predicted molar refractivity (Wildman–Crippen MR) is 63.3 cm³/mol. The van der Waals surface area contributed by atoms with Crippen LogP contribution in [0.15, 0.2) is 18.2 Å². The van der Waals surface area contributed by atoms with Gasteiger partial charge < -0.3 is 19.9 Å². The van der Waals surface area contributed by atoms with E-state index >= 15 is 0 Å². The highest BCUT2D eigenvalue weighted by Crippen LogP contribution is 2.24. The summed E-state index contributed by atoms with van der Waals surface area (Å²) in [5, 5.41) is 0. The van der Waals surface area contributed by atoms with E-state index in [4.69, 9.17) is 10.5 Å². The van der Waals surface area contributed by atoms with Crippen LogP contribution in [0.2, 0.25) is 0 Å². The zero-order valence-electron chi connectivity index (χ0n) is 10.3. The first kappa shape index (κ1) is 14.0. The lowest BCUT2D eigenvalue weighted by Gasteiger charge is -2.11. The number of ether oxygens (including phenoxy) is 3. The lowest BCUT2D eigenvalue weighted by atomic mass is 10.1. The molecule has 6 nitrogen and oxygen atoms in total. The second-order valence-corrected chi connectivity index (χ2v) is 3.27. The van der Waals surface area contributed by atoms with Crippen molar-refractivity contribution in [1.29, 1.82) is 0 Å². The Morgan fingerprint density at radius 3 is 2.61 bits per heavy atom. The average molecular weight is 253 g/mol. The number of hydrogen-bond acceptors (Lipinski definition) is 6. The number of benzene rings is 1. The van der Waals surface area contributed by atoms with Crippen molar-refractivity contribution in [2.24, 2.45) is 5.73 Å². The van der Waals surface area contributed by atoms with Crippen molar-refractivity contribution >= 4 is 12.1 Å². The van der Waals surface area contributed by atoms with Gasteiger partial charge in [0.1, 0.15) is 11.3 Å². The highest BCUT2D eigenvalue weighted by molar-refractivity contribution is 5.98. The van der Waals surface area contributed by atoms with Gasteiger partial charge in [0, 0.05) is 12.1 Å². The molecule has 0 saturated heterocycles. The van der Waals surface area contributed by atoms with Crippen molar-refractivity contribution < 1.29 is 23.8 Å². The van der Waals surface area contributed by atoms with Crippen molar-refractivity contribution in [1.82, 2.24) is 0 Å². The first-order valence-electron chi connectivity index (χ1n) is 5.38. The Hall–Kier alpha value is -2.08. The molecule has 1 rings (SSSR count). The van der Waals surface area contributed by atoms with Crippen LogP contribution in [-0.4, -0.2) is 25.8 Å². The second-order valence-electron chi connectivity index (χ2n) is 3.27. The molecule has 0 aliphatic carbocycles. The number of esters is 1. The number of methoxy groups -OCH3 is 1. The van der Waals surface area contributed by atoms with Gasteiger partial charge in [-0.05, 0) is 13.0 Å². The summed E-state index contributed by atoms with van der Waals surface area (Å²) in [6, 6.07) is 4.84. The minimum Gasteiger partial charge on any atom is -0.496 e. The highest BCUT2D eigenvalue weighted by Gasteiger charge is 2.19. The smallest absolute Gasteiger partial charge is 0.496 e. The summed E-state index contributed by atoms with van der Waals surface area (Å²) in [5.74, 6) is -0.533. The number of rotatable bonds is 4. The van der Waals surface area contributed by atoms with E-state index in [0.717, 1.165) is 0 Å². The van der Waals surface area contributed by atoms with Gasteiger partial charge in [0.25, 0.3) is 0 Å². The third-order valence-electron chi connectivity index (χ3n) is 2.18. The normalized spacial score (nSPS) is 9.72. The largest absolute Gasteiger partial charge is 0.516 e. The number of para-hydroxylation sites is 1. The summed E-state index contributed by atoms with van der Waals surface area (Å²) in [4.78, 5) is 22.8. The quantitative estimate of drug-likeness (QED) is 0.645. The number of hydrogen-bond donors (Lipinski definition) is 1. The topological polar surface area (TPSA) is 87.9 Å². The van der Waals surface area contributed by atoms with E-state index in [0.29, 0.717) is 11.3 Å². The predicted octanol–water partition coefficient (Wildman–Crippen LogP) is 1.47. The Bertz CT molecular complexity index is 444. The Kier molecular flexibility index (Phi) is 5.13. The summed E-state index contributed by atoms with van der Waals surface area (Å²) in [6.45, 7) is 1.96. The maximum Gasteiger partial charge on any atom is 0.516 e. The maximum absolute atomic E-state index is 11.7. The molecule has 0 aromatic heterocycles. The summed E-state index contributed by atoms with van der Waals surface area (Å²) < 4.78 is 14.1. The molecule has 0 heterocycles. The van der Waals surface area contributed by atoms with Gasteiger partial charge in [-0.15, -0.1) is 0 Å². The molecule has 0 saturated carbocycles. The van der Waals surface area contributed by atoms with Gasteiger partial charge in [0.05, 0.1) is 13.7 Å². The Balaban J connectivity index is 2.95. The molecule has 0 fully saturated rings.